The molecule has 2 aromatic rings. The first kappa shape index (κ1) is 19.3. The molecule has 1 saturated carbocycles. The number of nitrogens with two attached hydrogens (primary N) is 1. The van der Waals surface area contributed by atoms with Crippen LogP contribution in [0, 0.1) is 12.8 Å². The van der Waals surface area contributed by atoms with Crippen molar-refractivity contribution in [2.75, 3.05) is 5.32 Å². The monoisotopic (exact) mass is 364 g/mol. The van der Waals surface area contributed by atoms with Gasteiger partial charge in [-0.25, -0.2) is 4.68 Å². The first-order valence-electron chi connectivity index (χ1n) is 8.38. The Kier molecular flexibility index (Phi) is 6.08. The van der Waals surface area contributed by atoms with Crippen molar-refractivity contribution in [2.45, 2.75) is 38.6 Å². The van der Waals surface area contributed by atoms with E-state index in [2.05, 4.69) is 5.32 Å². The fourth-order valence-electron chi connectivity index (χ4n) is 3.46. The van der Waals surface area contributed by atoms with E-state index in [0.717, 1.165) is 30.6 Å². The van der Waals surface area contributed by atoms with Crippen LogP contribution in [0.15, 0.2) is 35.1 Å². The van der Waals surface area contributed by atoms with Gasteiger partial charge in [0, 0.05) is 19.5 Å². The van der Waals surface area contributed by atoms with Gasteiger partial charge in [-0.1, -0.05) is 24.6 Å². The van der Waals surface area contributed by atoms with E-state index in [1.807, 2.05) is 44.3 Å². The van der Waals surface area contributed by atoms with Crippen LogP contribution in [0.25, 0.3) is 5.69 Å². The number of carbonyl (C=O) groups is 1. The van der Waals surface area contributed by atoms with Crippen LogP contribution in [0.5, 0.6) is 0 Å². The summed E-state index contributed by atoms with van der Waals surface area (Å²) in [6.07, 6.45) is 3.41. The summed E-state index contributed by atoms with van der Waals surface area (Å²) in [6.45, 7) is 1.83. The van der Waals surface area contributed by atoms with Crippen molar-refractivity contribution in [1.82, 2.24) is 9.36 Å². The summed E-state index contributed by atoms with van der Waals surface area (Å²) in [5.41, 5.74) is 7.66. The Bertz CT molecular complexity index is 797. The molecule has 1 fully saturated rings. The zero-order chi connectivity index (χ0) is 17.3. The van der Waals surface area contributed by atoms with Crippen molar-refractivity contribution in [2.24, 2.45) is 18.7 Å². The van der Waals surface area contributed by atoms with E-state index in [4.69, 9.17) is 5.73 Å². The predicted octanol–water partition coefficient (Wildman–Crippen LogP) is 2.36. The fraction of sp³-hybridized carbons (Fsp3) is 0.444. The smallest absolute Gasteiger partial charge is 0.295 e. The van der Waals surface area contributed by atoms with Gasteiger partial charge in [0.25, 0.3) is 5.56 Å². The van der Waals surface area contributed by atoms with Crippen LogP contribution in [-0.4, -0.2) is 21.3 Å². The molecule has 1 heterocycles. The summed E-state index contributed by atoms with van der Waals surface area (Å²) in [5.74, 6) is 0.0775. The van der Waals surface area contributed by atoms with Gasteiger partial charge >= 0.3 is 0 Å². The number of para-hydroxylation sites is 1. The Morgan fingerprint density at radius 3 is 2.56 bits per heavy atom. The Hall–Kier alpha value is -2.05. The molecule has 0 radical (unpaired) electrons. The quantitative estimate of drug-likeness (QED) is 0.873. The molecule has 0 bridgehead atoms. The molecule has 0 spiro atoms. The number of halogens is 1. The number of amides is 1. The third-order valence-corrected chi connectivity index (χ3v) is 4.98. The van der Waals surface area contributed by atoms with Gasteiger partial charge in [-0.3, -0.25) is 14.3 Å². The van der Waals surface area contributed by atoms with Gasteiger partial charge < -0.3 is 11.1 Å². The van der Waals surface area contributed by atoms with Gasteiger partial charge in [0.15, 0.2) is 0 Å². The van der Waals surface area contributed by atoms with Crippen LogP contribution in [0.2, 0.25) is 0 Å². The molecular formula is C18H25ClN4O2. The number of carbonyl (C=O) groups excluding carboxylic acids is 1. The lowest BCUT2D eigenvalue weighted by Gasteiger charge is -2.14. The lowest BCUT2D eigenvalue weighted by atomic mass is 10.00. The molecule has 6 nitrogen and oxygen atoms in total. The molecule has 0 unspecified atom stereocenters. The molecule has 1 aromatic carbocycles. The number of nitrogens with zero attached hydrogens (tertiary/aromatic N) is 2. The highest BCUT2D eigenvalue weighted by Gasteiger charge is 2.27. The Morgan fingerprint density at radius 1 is 1.28 bits per heavy atom. The lowest BCUT2D eigenvalue weighted by molar-refractivity contribution is -0.117. The number of hydrogen-bond donors (Lipinski definition) is 2. The normalized spacial score (nSPS) is 19.5. The molecular weight excluding hydrogens is 340 g/mol. The second-order valence-corrected chi connectivity index (χ2v) is 6.54. The van der Waals surface area contributed by atoms with Gasteiger partial charge in [0.2, 0.25) is 5.91 Å². The van der Waals surface area contributed by atoms with E-state index < -0.39 is 0 Å². The summed E-state index contributed by atoms with van der Waals surface area (Å²) < 4.78 is 3.32. The number of benzene rings is 1. The molecule has 1 amide bonds. The second-order valence-electron chi connectivity index (χ2n) is 6.54. The van der Waals surface area contributed by atoms with Gasteiger partial charge in [0.05, 0.1) is 11.4 Å². The van der Waals surface area contributed by atoms with Crippen LogP contribution in [0.1, 0.15) is 31.4 Å². The zero-order valence-corrected chi connectivity index (χ0v) is 15.4. The maximum absolute atomic E-state index is 12.8. The number of nitrogens with one attached hydrogen (secondary N) is 1. The minimum atomic E-state index is -0.217. The molecule has 1 aliphatic rings. The number of anilines is 1. The predicted molar refractivity (Wildman–Crippen MR) is 102 cm³/mol. The minimum Gasteiger partial charge on any atom is -0.327 e. The Morgan fingerprint density at radius 2 is 1.96 bits per heavy atom. The zero-order valence-electron chi connectivity index (χ0n) is 14.6. The first-order valence-corrected chi connectivity index (χ1v) is 8.38. The molecule has 0 aliphatic heterocycles. The van der Waals surface area contributed by atoms with E-state index >= 15 is 0 Å². The first-order chi connectivity index (χ1) is 11.5. The molecule has 1 aromatic heterocycles. The average Bonchev–Trinajstić information content (AvgIpc) is 3.05. The summed E-state index contributed by atoms with van der Waals surface area (Å²) in [7, 11) is 1.81. The summed E-state index contributed by atoms with van der Waals surface area (Å²) in [4.78, 5) is 25.1. The van der Waals surface area contributed by atoms with Crippen molar-refractivity contribution in [3.8, 4) is 5.69 Å². The summed E-state index contributed by atoms with van der Waals surface area (Å²) in [6, 6.07) is 9.48. The number of aromatic nitrogens is 2. The van der Waals surface area contributed by atoms with Crippen molar-refractivity contribution >= 4 is 24.0 Å². The second kappa shape index (κ2) is 7.89. The lowest BCUT2D eigenvalue weighted by Crippen LogP contribution is -2.29. The van der Waals surface area contributed by atoms with E-state index in [9.17, 15) is 9.59 Å². The van der Waals surface area contributed by atoms with Crippen LogP contribution < -0.4 is 16.6 Å². The molecule has 7 heteroatoms. The third-order valence-electron chi connectivity index (χ3n) is 4.98. The Labute approximate surface area is 153 Å². The van der Waals surface area contributed by atoms with Crippen molar-refractivity contribution in [1.29, 1.82) is 0 Å². The van der Waals surface area contributed by atoms with E-state index in [1.165, 1.54) is 0 Å². The highest BCUT2D eigenvalue weighted by Crippen LogP contribution is 2.27. The average molecular weight is 365 g/mol. The molecule has 25 heavy (non-hydrogen) atoms. The van der Waals surface area contributed by atoms with Gasteiger partial charge in [0.1, 0.15) is 5.69 Å². The van der Waals surface area contributed by atoms with E-state index in [-0.39, 0.29) is 35.8 Å². The molecule has 1 aliphatic carbocycles. The van der Waals surface area contributed by atoms with E-state index in [1.54, 1.807) is 9.36 Å². The largest absolute Gasteiger partial charge is 0.327 e. The summed E-state index contributed by atoms with van der Waals surface area (Å²) >= 11 is 0. The number of rotatable bonds is 4. The van der Waals surface area contributed by atoms with E-state index in [0.29, 0.717) is 12.1 Å². The highest BCUT2D eigenvalue weighted by atomic mass is 35.5. The molecule has 3 rings (SSSR count). The number of hydrogen-bond acceptors (Lipinski definition) is 3. The fourth-order valence-corrected chi connectivity index (χ4v) is 3.46. The van der Waals surface area contributed by atoms with Crippen LogP contribution in [0.3, 0.4) is 0 Å². The van der Waals surface area contributed by atoms with Gasteiger partial charge in [-0.2, -0.15) is 0 Å². The standard InChI is InChI=1S/C18H24N4O2.ClH/c1-12-17(20-16(23)11-13-7-6-10-15(13)19)18(24)22(21(12)2)14-8-4-3-5-9-14;/h3-5,8-9,13,15H,6-7,10-11,19H2,1-2H3,(H,20,23);1H/t13-,15+;/m0./s1. The molecule has 2 atom stereocenters. The minimum absolute atomic E-state index is 0. The maximum atomic E-state index is 12.8. The van der Waals surface area contributed by atoms with Crippen molar-refractivity contribution in [3.05, 3.63) is 46.4 Å². The molecule has 3 N–H and O–H groups in total. The van der Waals surface area contributed by atoms with Crippen LogP contribution >= 0.6 is 12.4 Å². The van der Waals surface area contributed by atoms with Crippen LogP contribution in [0.4, 0.5) is 5.69 Å². The van der Waals surface area contributed by atoms with Crippen molar-refractivity contribution < 1.29 is 4.79 Å². The summed E-state index contributed by atoms with van der Waals surface area (Å²) in [5, 5.41) is 2.81. The van der Waals surface area contributed by atoms with Gasteiger partial charge in [-0.15, -0.1) is 12.4 Å². The molecule has 0 saturated heterocycles. The Balaban J connectivity index is 0.00000225. The topological polar surface area (TPSA) is 82.1 Å². The van der Waals surface area contributed by atoms with Gasteiger partial charge in [-0.05, 0) is 37.8 Å². The SMILES string of the molecule is Cc1c(NC(=O)C[C@@H]2CCC[C@H]2N)c(=O)n(-c2ccccc2)n1C.Cl. The third kappa shape index (κ3) is 3.80. The maximum Gasteiger partial charge on any atom is 0.295 e. The molecule has 136 valence electrons. The van der Waals surface area contributed by atoms with Crippen LogP contribution in [-0.2, 0) is 11.8 Å². The van der Waals surface area contributed by atoms with Crippen molar-refractivity contribution in [3.63, 3.8) is 0 Å². The highest BCUT2D eigenvalue weighted by molar-refractivity contribution is 5.91.